The molecule has 9 nitrogen and oxygen atoms in total. The molecule has 0 saturated heterocycles. The lowest BCUT2D eigenvalue weighted by Crippen LogP contribution is -2.51. The maximum absolute atomic E-state index is 5.91. The van der Waals surface area contributed by atoms with Crippen LogP contribution in [0.2, 0.25) is 0 Å². The maximum atomic E-state index is 5.91. The van der Waals surface area contributed by atoms with Crippen LogP contribution < -0.4 is 0 Å². The van der Waals surface area contributed by atoms with Gasteiger partial charge in [0.2, 0.25) is 0 Å². The topological polar surface area (TPSA) is 9.23 Å². The van der Waals surface area contributed by atoms with Crippen molar-refractivity contribution in [3.63, 3.8) is 0 Å². The van der Waals surface area contributed by atoms with E-state index in [4.69, 9.17) is 4.74 Å². The van der Waals surface area contributed by atoms with Gasteiger partial charge >= 0.3 is 0 Å². The Labute approximate surface area is 923 Å². The van der Waals surface area contributed by atoms with Crippen LogP contribution in [0, 0.1) is 0 Å². The highest BCUT2D eigenvalue weighted by Crippen LogP contribution is 2.24. The summed E-state index contributed by atoms with van der Waals surface area (Å²) in [5.41, 5.74) is 11.5. The second-order valence-corrected chi connectivity index (χ2v) is 49.7. The molecule has 0 spiro atoms. The average Bonchev–Trinajstić information content (AvgIpc) is 0.890. The van der Waals surface area contributed by atoms with Gasteiger partial charge in [0.05, 0.1) is 219 Å². The molecule has 0 bridgehead atoms. The fraction of sp³-hybridized carbons (Fsp3) is 0.625. The Morgan fingerprint density at radius 2 is 0.354 bits per heavy atom. The van der Waals surface area contributed by atoms with Crippen molar-refractivity contribution in [2.75, 3.05) is 283 Å². The molecule has 8 rings (SSSR count). The monoisotopic (exact) mass is 2110 g/mol. The molecule has 0 heterocycles. The normalized spacial score (nSPS) is 12.4. The molecule has 0 N–H and O–H groups in total. The number of ether oxygens (including phenoxy) is 1. The van der Waals surface area contributed by atoms with E-state index in [2.05, 4.69) is 480 Å². The molecule has 16 heteroatoms. The van der Waals surface area contributed by atoms with Gasteiger partial charge in [0.25, 0.3) is 0 Å². The van der Waals surface area contributed by atoms with E-state index in [0.29, 0.717) is 0 Å². The zero-order valence-electron chi connectivity index (χ0n) is 97.5. The fourth-order valence-corrected chi connectivity index (χ4v) is 26.4. The maximum Gasteiger partial charge on any atom is 0.102 e. The van der Waals surface area contributed by atoms with E-state index in [0.717, 1.165) is 51.6 Å². The van der Waals surface area contributed by atoms with Gasteiger partial charge in [0.1, 0.15) is 6.54 Å². The van der Waals surface area contributed by atoms with Crippen molar-refractivity contribution in [2.24, 2.45) is 0 Å². The first kappa shape index (κ1) is 138. The third-order valence-corrected chi connectivity index (χ3v) is 35.8. The second-order valence-electron chi connectivity index (χ2n) is 41.6. The largest absolute Gasteiger partial charge is 0.375 e. The van der Waals surface area contributed by atoms with Gasteiger partial charge in [-0.05, 0) is 208 Å². The zero-order chi connectivity index (χ0) is 106. The van der Waals surface area contributed by atoms with Crippen molar-refractivity contribution in [1.82, 2.24) is 0 Å². The summed E-state index contributed by atoms with van der Waals surface area (Å²) in [4.78, 5) is 0. The van der Waals surface area contributed by atoms with Gasteiger partial charge in [0.15, 0.2) is 0 Å². The smallest absolute Gasteiger partial charge is 0.102 e. The van der Waals surface area contributed by atoms with E-state index in [9.17, 15) is 0 Å². The highest BCUT2D eigenvalue weighted by Gasteiger charge is 2.28. The Hall–Kier alpha value is -4.15. The average molecular weight is 2120 g/mol. The lowest BCUT2D eigenvalue weighted by molar-refractivity contribution is -0.927. The summed E-state index contributed by atoms with van der Waals surface area (Å²) in [5.74, 6) is 17.3. The first-order valence-corrected chi connectivity index (χ1v) is 65.4. The van der Waals surface area contributed by atoms with E-state index in [1.807, 2.05) is 11.8 Å². The van der Waals surface area contributed by atoms with Crippen molar-refractivity contribution in [3.05, 3.63) is 287 Å². The van der Waals surface area contributed by atoms with Crippen molar-refractivity contribution in [2.45, 2.75) is 238 Å². The summed E-state index contributed by atoms with van der Waals surface area (Å²) in [5, 5.41) is 0. The van der Waals surface area contributed by atoms with E-state index < -0.39 is 0 Å². The van der Waals surface area contributed by atoms with E-state index in [1.54, 1.807) is 0 Å². The molecule has 816 valence electrons. The summed E-state index contributed by atoms with van der Waals surface area (Å²) in [7, 11) is 13.5. The van der Waals surface area contributed by atoms with Gasteiger partial charge in [-0.3, -0.25) is 0 Å². The third kappa shape index (κ3) is 70.1. The molecular formula is C128H224N8OS7+8. The lowest BCUT2D eigenvalue weighted by Gasteiger charge is -2.38. The summed E-state index contributed by atoms with van der Waals surface area (Å²) in [6, 6.07) is 86.1. The van der Waals surface area contributed by atoms with Crippen LogP contribution in [0.5, 0.6) is 0 Å². The van der Waals surface area contributed by atoms with Crippen molar-refractivity contribution in [3.8, 4) is 0 Å². The minimum Gasteiger partial charge on any atom is -0.375 e. The molecule has 2 atom stereocenters. The molecule has 0 saturated carbocycles. The number of nitrogens with zero attached hydrogens (tertiary/aromatic N) is 8. The SMILES string of the molecule is CCCC[N+](CC)(CCC)CCOCCc1ccccc1.CCCC[N+](CC)(CCC)CCSCc1ccccc1.CCC[N+](CC)(CCC)CCSCCc1ccccc1.CCC[N+](CC)(CCC)CCSCc1ccccc1.CC[N+](CC)(CC)CCSCCc1ccccc1.CC[N+](CC)(CC)CCSCc1ccccc1.C[N+](C)(C)CCSCCc1ccccc1.C[N+](C)(C)CCSCc1ccccc1. The standard InChI is InChI=1S/C19H34NO.2C18H32NS.C17H30NS.C16H28NS.C15H26NS.C13H22NS.C12H20NS/c1-4-7-15-20(6-3,14-5-2)16-18-21-17-13-19-11-9-8-10-12-19;1-4-13-19(6-3,14-5-2)15-17-20-16-12-18-10-8-7-9-11-18;1-4-7-14-19(6-3,13-5-2)15-16-20-17-18-11-9-8-10-12-18;1-4-12-18(6-3,13-5-2)14-15-19-16-17-10-8-7-9-11-17;1-4-17(5-2,6-3)13-15-18-14-12-16-10-8-7-9-11-16;1-4-16(5-2,6-3)12-13-17-14-15-10-8-7-9-11-15;1-14(2,3)10-12-15-11-9-13-7-5-4-6-8-13;1-13(2,3)9-10-14-11-12-7-5-4-6-8-12/h8-12H,4-7,13-18H2,1-3H3;7-11H,4-6,12-17H2,1-3H3;8-12H,4-7,13-17H2,1-3H3;7-11H,4-6,12-16H2,1-3H3;7-11H,4-6,12-15H2,1-3H3;7-11H,4-6,12-14H2,1-3H3;4-8H,9-12H2,1-3H3;4-8H,9-11H2,1-3H3/q8*+1. The molecule has 8 aromatic carbocycles. The molecule has 2 unspecified atom stereocenters. The summed E-state index contributed by atoms with van der Waals surface area (Å²) >= 11 is 14.5. The van der Waals surface area contributed by atoms with Gasteiger partial charge in [-0.25, -0.2) is 0 Å². The third-order valence-electron chi connectivity index (χ3n) is 28.9. The minimum absolute atomic E-state index is 0.841. The number of thioether (sulfide) groups is 7. The number of unbranched alkanes of at least 4 members (excludes halogenated alkanes) is 2. The number of hydrogen-bond donors (Lipinski definition) is 0. The molecule has 0 aliphatic rings. The number of aryl methyl sites for hydroxylation is 3. The Morgan fingerprint density at radius 1 is 0.167 bits per heavy atom. The molecule has 144 heavy (non-hydrogen) atoms. The zero-order valence-corrected chi connectivity index (χ0v) is 103. The first-order chi connectivity index (χ1) is 69.7. The number of hydrogen-bond acceptors (Lipinski definition) is 8. The van der Waals surface area contributed by atoms with Crippen molar-refractivity contribution >= 4 is 82.3 Å². The van der Waals surface area contributed by atoms with Crippen LogP contribution in [0.15, 0.2) is 243 Å². The highest BCUT2D eigenvalue weighted by molar-refractivity contribution is 8.00. The van der Waals surface area contributed by atoms with Crippen LogP contribution in [-0.2, 0) is 53.4 Å². The summed E-state index contributed by atoms with van der Waals surface area (Å²) in [6.45, 7) is 77.2. The predicted octanol–water partition coefficient (Wildman–Crippen LogP) is 31.4. The minimum atomic E-state index is 0.841. The Bertz CT molecular complexity index is 4010. The molecule has 0 radical (unpaired) electrons. The number of rotatable bonds is 72. The van der Waals surface area contributed by atoms with Crippen LogP contribution in [0.4, 0.5) is 0 Å². The Kier molecular flexibility index (Phi) is 85.5. The van der Waals surface area contributed by atoms with Gasteiger partial charge in [0, 0.05) is 63.3 Å². The quantitative estimate of drug-likeness (QED) is 0.0272. The molecule has 0 aromatic heterocycles. The van der Waals surface area contributed by atoms with Gasteiger partial charge in [-0.2, -0.15) is 82.3 Å². The first-order valence-electron chi connectivity index (χ1n) is 57.4. The molecule has 8 aromatic rings. The van der Waals surface area contributed by atoms with Crippen LogP contribution in [0.1, 0.15) is 233 Å². The van der Waals surface area contributed by atoms with Crippen molar-refractivity contribution in [1.29, 1.82) is 0 Å². The molecular weight excluding hydrogens is 1890 g/mol. The van der Waals surface area contributed by atoms with Gasteiger partial charge < -0.3 is 40.6 Å². The van der Waals surface area contributed by atoms with Gasteiger partial charge in [-0.15, -0.1) is 0 Å². The number of quaternary nitrogens is 8. The summed E-state index contributed by atoms with van der Waals surface area (Å²) in [6.07, 6.45) is 17.7. The Balaban J connectivity index is 0.000000825. The van der Waals surface area contributed by atoms with Crippen LogP contribution in [0.25, 0.3) is 0 Å². The van der Waals surface area contributed by atoms with Crippen molar-refractivity contribution < 1.29 is 40.6 Å². The molecule has 0 aliphatic heterocycles. The second kappa shape index (κ2) is 89.3. The lowest BCUT2D eigenvalue weighted by atomic mass is 10.2. The highest BCUT2D eigenvalue weighted by atomic mass is 32.2. The number of likely N-dealkylation sites (N-methyl/N-ethyl adjacent to an activating group) is 1. The number of benzene rings is 8. The summed E-state index contributed by atoms with van der Waals surface area (Å²) < 4.78 is 15.8. The van der Waals surface area contributed by atoms with Crippen LogP contribution in [-0.4, -0.2) is 319 Å². The van der Waals surface area contributed by atoms with Crippen LogP contribution in [0.3, 0.4) is 0 Å². The van der Waals surface area contributed by atoms with Crippen LogP contribution >= 0.6 is 82.3 Å². The van der Waals surface area contributed by atoms with E-state index in [1.165, 1.54) is 383 Å². The molecule has 0 fully saturated rings. The Morgan fingerprint density at radius 3 is 0.569 bits per heavy atom. The van der Waals surface area contributed by atoms with E-state index in [-0.39, 0.29) is 0 Å². The molecule has 0 amide bonds. The fourth-order valence-electron chi connectivity index (χ4n) is 18.4. The van der Waals surface area contributed by atoms with E-state index >= 15 is 0 Å². The molecule has 0 aliphatic carbocycles. The predicted molar refractivity (Wildman–Crippen MR) is 666 cm³/mol. The van der Waals surface area contributed by atoms with Gasteiger partial charge in [-0.1, -0.05) is 311 Å².